The van der Waals surface area contributed by atoms with Gasteiger partial charge in [0.1, 0.15) is 24.0 Å². The summed E-state index contributed by atoms with van der Waals surface area (Å²) >= 11 is 0. The van der Waals surface area contributed by atoms with Gasteiger partial charge in [-0.25, -0.2) is 0 Å². The molecule has 0 amide bonds. The molecule has 0 radical (unpaired) electrons. The van der Waals surface area contributed by atoms with Crippen molar-refractivity contribution in [2.75, 3.05) is 46.4 Å². The standard InChI is InChI=1S/C22H29N5O/c1-4-19-20-13-18(6-5-16(20)2)28-15-17-14-23-8-11-27(17)12-9-24-21-7-10-26(3)22(19)25-21/h4-7,10,13,17,23H,1,8-9,11-12,14-15H2,2-3H3,(H,24,25)/b22-19+/t17-/m1/s1. The predicted molar refractivity (Wildman–Crippen MR) is 114 cm³/mol. The molecule has 0 aliphatic carbocycles. The molecule has 6 heteroatoms. The first kappa shape index (κ1) is 18.8. The van der Waals surface area contributed by atoms with E-state index in [-0.39, 0.29) is 0 Å². The number of hydrogen-bond acceptors (Lipinski definition) is 6. The summed E-state index contributed by atoms with van der Waals surface area (Å²) in [6.07, 6.45) is 5.97. The number of amidine groups is 1. The highest BCUT2D eigenvalue weighted by atomic mass is 16.5. The molecule has 0 saturated carbocycles. The van der Waals surface area contributed by atoms with Crippen LogP contribution < -0.4 is 15.4 Å². The second kappa shape index (κ2) is 8.20. The van der Waals surface area contributed by atoms with Gasteiger partial charge in [0, 0.05) is 45.0 Å². The predicted octanol–water partition coefficient (Wildman–Crippen LogP) is 1.96. The van der Waals surface area contributed by atoms with Crippen LogP contribution in [0.25, 0.3) is 5.57 Å². The Labute approximate surface area is 167 Å². The van der Waals surface area contributed by atoms with E-state index in [9.17, 15) is 0 Å². The van der Waals surface area contributed by atoms with Crippen LogP contribution in [0, 0.1) is 6.92 Å². The maximum absolute atomic E-state index is 6.22. The number of piperazine rings is 1. The van der Waals surface area contributed by atoms with Crippen LogP contribution >= 0.6 is 0 Å². The Morgan fingerprint density at radius 3 is 3.07 bits per heavy atom. The second-order valence-corrected chi connectivity index (χ2v) is 7.47. The normalized spacial score (nSPS) is 25.7. The Bertz CT molecular complexity index is 841. The lowest BCUT2D eigenvalue weighted by Gasteiger charge is -2.36. The summed E-state index contributed by atoms with van der Waals surface area (Å²) in [5.74, 6) is 2.76. The van der Waals surface area contributed by atoms with Gasteiger partial charge in [-0.1, -0.05) is 18.7 Å². The van der Waals surface area contributed by atoms with Gasteiger partial charge in [0.05, 0.1) is 12.6 Å². The molecule has 6 nitrogen and oxygen atoms in total. The van der Waals surface area contributed by atoms with E-state index in [2.05, 4.69) is 52.1 Å². The number of aryl methyl sites for hydroxylation is 1. The lowest BCUT2D eigenvalue weighted by atomic mass is 9.99. The molecule has 3 aliphatic rings. The maximum atomic E-state index is 6.22. The molecule has 3 heterocycles. The highest BCUT2D eigenvalue weighted by Gasteiger charge is 2.23. The number of benzene rings is 1. The Morgan fingerprint density at radius 1 is 1.32 bits per heavy atom. The van der Waals surface area contributed by atoms with Crippen LogP contribution in [0.1, 0.15) is 11.1 Å². The zero-order valence-corrected chi connectivity index (χ0v) is 16.7. The molecule has 28 heavy (non-hydrogen) atoms. The summed E-state index contributed by atoms with van der Waals surface area (Å²) in [5.41, 5.74) is 3.35. The summed E-state index contributed by atoms with van der Waals surface area (Å²) in [4.78, 5) is 9.35. The molecule has 148 valence electrons. The molecule has 1 fully saturated rings. The quantitative estimate of drug-likeness (QED) is 0.781. The zero-order valence-electron chi connectivity index (χ0n) is 16.7. The number of fused-ring (bicyclic) bond motifs is 5. The van der Waals surface area contributed by atoms with E-state index >= 15 is 0 Å². The van der Waals surface area contributed by atoms with Crippen LogP contribution in [0.4, 0.5) is 0 Å². The summed E-state index contributed by atoms with van der Waals surface area (Å²) in [5, 5.41) is 6.98. The van der Waals surface area contributed by atoms with Crippen LogP contribution in [-0.4, -0.2) is 68.1 Å². The molecule has 4 rings (SSSR count). The molecule has 2 N–H and O–H groups in total. The first-order valence-electron chi connectivity index (χ1n) is 9.93. The van der Waals surface area contributed by atoms with E-state index < -0.39 is 0 Å². The van der Waals surface area contributed by atoms with Gasteiger partial charge >= 0.3 is 0 Å². The van der Waals surface area contributed by atoms with E-state index in [1.807, 2.05) is 25.4 Å². The molecule has 1 aromatic rings. The molecule has 1 saturated heterocycles. The van der Waals surface area contributed by atoms with Gasteiger partial charge in [0.2, 0.25) is 0 Å². The Kier molecular flexibility index (Phi) is 5.50. The third kappa shape index (κ3) is 3.84. The van der Waals surface area contributed by atoms with Crippen LogP contribution in [0.5, 0.6) is 5.75 Å². The van der Waals surface area contributed by atoms with Gasteiger partial charge in [-0.3, -0.25) is 9.89 Å². The number of nitrogens with zero attached hydrogens (tertiary/aromatic N) is 3. The van der Waals surface area contributed by atoms with Gasteiger partial charge in [-0.05, 0) is 36.3 Å². The monoisotopic (exact) mass is 379 g/mol. The average molecular weight is 380 g/mol. The summed E-state index contributed by atoms with van der Waals surface area (Å²) in [6, 6.07) is 6.65. The first-order chi connectivity index (χ1) is 13.7. The third-order valence-electron chi connectivity index (χ3n) is 5.60. The van der Waals surface area contributed by atoms with Gasteiger partial charge < -0.3 is 20.3 Å². The Hall–Kier alpha value is -2.57. The number of ether oxygens (including phenoxy) is 1. The minimum atomic E-state index is 0.354. The van der Waals surface area contributed by atoms with Gasteiger partial charge in [-0.15, -0.1) is 0 Å². The highest BCUT2D eigenvalue weighted by molar-refractivity contribution is 5.97. The summed E-state index contributed by atoms with van der Waals surface area (Å²) in [7, 11) is 2.03. The van der Waals surface area contributed by atoms with Gasteiger partial charge in [0.25, 0.3) is 0 Å². The summed E-state index contributed by atoms with van der Waals surface area (Å²) in [6.45, 7) is 11.5. The zero-order chi connectivity index (χ0) is 19.5. The van der Waals surface area contributed by atoms with Crippen molar-refractivity contribution in [3.63, 3.8) is 0 Å². The molecular formula is C22H29N5O. The van der Waals surface area contributed by atoms with E-state index in [0.717, 1.165) is 61.3 Å². The number of allylic oxidation sites excluding steroid dienone is 2. The van der Waals surface area contributed by atoms with Crippen LogP contribution in [0.15, 0.2) is 53.9 Å². The van der Waals surface area contributed by atoms with Crippen molar-refractivity contribution in [3.8, 4) is 5.75 Å². The molecule has 4 bridgehead atoms. The fraction of sp³-hybridized carbons (Fsp3) is 0.409. The molecule has 3 aliphatic heterocycles. The van der Waals surface area contributed by atoms with Crippen LogP contribution in [0.2, 0.25) is 0 Å². The van der Waals surface area contributed by atoms with E-state index in [0.29, 0.717) is 12.6 Å². The Morgan fingerprint density at radius 2 is 2.21 bits per heavy atom. The minimum Gasteiger partial charge on any atom is -0.492 e. The number of nitrogens with one attached hydrogen (secondary N) is 2. The van der Waals surface area contributed by atoms with Crippen molar-refractivity contribution in [1.82, 2.24) is 20.4 Å². The smallest absolute Gasteiger partial charge is 0.127 e. The number of rotatable bonds is 1. The Balaban J connectivity index is 1.78. The van der Waals surface area contributed by atoms with Crippen LogP contribution in [0.3, 0.4) is 0 Å². The van der Waals surface area contributed by atoms with Crippen molar-refractivity contribution >= 4 is 11.4 Å². The number of aliphatic imine (C=N–C) groups is 1. The van der Waals surface area contributed by atoms with E-state index in [4.69, 9.17) is 9.73 Å². The molecule has 0 unspecified atom stereocenters. The van der Waals surface area contributed by atoms with Crippen molar-refractivity contribution in [2.45, 2.75) is 13.0 Å². The topological polar surface area (TPSA) is 52.1 Å². The molecule has 0 aromatic heterocycles. The molecule has 0 spiro atoms. The lowest BCUT2D eigenvalue weighted by Crippen LogP contribution is -2.54. The van der Waals surface area contributed by atoms with Crippen molar-refractivity contribution < 1.29 is 4.74 Å². The third-order valence-corrected chi connectivity index (χ3v) is 5.60. The lowest BCUT2D eigenvalue weighted by molar-refractivity contribution is 0.114. The first-order valence-corrected chi connectivity index (χ1v) is 9.93. The van der Waals surface area contributed by atoms with Crippen molar-refractivity contribution in [1.29, 1.82) is 0 Å². The summed E-state index contributed by atoms with van der Waals surface area (Å²) < 4.78 is 6.22. The van der Waals surface area contributed by atoms with E-state index in [1.54, 1.807) is 0 Å². The SMILES string of the molecule is C=C/C1=C2/NC(=NCCN3CCNC[C@@H]3COc3ccc(C)c1c3)C=CN2C. The largest absolute Gasteiger partial charge is 0.492 e. The second-order valence-electron chi connectivity index (χ2n) is 7.47. The van der Waals surface area contributed by atoms with Gasteiger partial charge in [0.15, 0.2) is 0 Å². The maximum Gasteiger partial charge on any atom is 0.127 e. The molecular weight excluding hydrogens is 350 g/mol. The fourth-order valence-electron chi connectivity index (χ4n) is 3.93. The molecule has 1 aromatic carbocycles. The van der Waals surface area contributed by atoms with Crippen molar-refractivity contribution in [2.24, 2.45) is 4.99 Å². The minimum absolute atomic E-state index is 0.354. The molecule has 1 atom stereocenters. The fourth-order valence-corrected chi connectivity index (χ4v) is 3.93. The van der Waals surface area contributed by atoms with Gasteiger partial charge in [-0.2, -0.15) is 0 Å². The van der Waals surface area contributed by atoms with E-state index in [1.165, 1.54) is 5.56 Å². The van der Waals surface area contributed by atoms with Crippen LogP contribution in [-0.2, 0) is 0 Å². The average Bonchev–Trinajstić information content (AvgIpc) is 2.71. The highest BCUT2D eigenvalue weighted by Crippen LogP contribution is 2.29. The number of hydrogen-bond donors (Lipinski definition) is 2. The van der Waals surface area contributed by atoms with Crippen molar-refractivity contribution in [3.05, 3.63) is 60.1 Å².